The minimum atomic E-state index is 0.0698. The van der Waals surface area contributed by atoms with E-state index in [4.69, 9.17) is 4.74 Å². The zero-order valence-corrected chi connectivity index (χ0v) is 17.2. The highest BCUT2D eigenvalue weighted by Crippen LogP contribution is 2.26. The Morgan fingerprint density at radius 3 is 2.87 bits per heavy atom. The second kappa shape index (κ2) is 8.55. The summed E-state index contributed by atoms with van der Waals surface area (Å²) in [6.07, 6.45) is 15.4. The van der Waals surface area contributed by atoms with Crippen LogP contribution in [0.1, 0.15) is 54.9 Å². The first-order chi connectivity index (χ1) is 14.8. The Labute approximate surface area is 175 Å². The normalized spacial score (nSPS) is 20.7. The first-order valence-electron chi connectivity index (χ1n) is 11.0. The zero-order chi connectivity index (χ0) is 20.3. The van der Waals surface area contributed by atoms with E-state index in [1.54, 1.807) is 12.4 Å². The van der Waals surface area contributed by atoms with Gasteiger partial charge in [0.25, 0.3) is 5.91 Å². The van der Waals surface area contributed by atoms with Crippen molar-refractivity contribution in [3.63, 3.8) is 0 Å². The molecule has 0 N–H and O–H groups in total. The first kappa shape index (κ1) is 19.2. The number of pyridine rings is 1. The predicted molar refractivity (Wildman–Crippen MR) is 112 cm³/mol. The molecule has 2 fully saturated rings. The van der Waals surface area contributed by atoms with Gasteiger partial charge in [0.15, 0.2) is 5.65 Å². The van der Waals surface area contributed by atoms with Gasteiger partial charge in [0.1, 0.15) is 5.52 Å². The fourth-order valence-corrected chi connectivity index (χ4v) is 4.72. The number of rotatable bonds is 5. The lowest BCUT2D eigenvalue weighted by atomic mass is 9.98. The van der Waals surface area contributed by atoms with Gasteiger partial charge in [-0.1, -0.05) is 0 Å². The van der Waals surface area contributed by atoms with Crippen molar-refractivity contribution in [2.45, 2.75) is 57.2 Å². The van der Waals surface area contributed by atoms with E-state index < -0.39 is 0 Å². The zero-order valence-electron chi connectivity index (χ0n) is 17.2. The van der Waals surface area contributed by atoms with Crippen LogP contribution in [0, 0.1) is 0 Å². The van der Waals surface area contributed by atoms with Gasteiger partial charge in [0, 0.05) is 57.0 Å². The van der Waals surface area contributed by atoms with Gasteiger partial charge in [0.05, 0.1) is 18.2 Å². The summed E-state index contributed by atoms with van der Waals surface area (Å²) in [5.41, 5.74) is 2.28. The highest BCUT2D eigenvalue weighted by molar-refractivity contribution is 5.96. The van der Waals surface area contributed by atoms with Crippen LogP contribution >= 0.6 is 0 Å². The van der Waals surface area contributed by atoms with Crippen molar-refractivity contribution < 1.29 is 9.53 Å². The Kier molecular flexibility index (Phi) is 5.48. The number of amides is 1. The van der Waals surface area contributed by atoms with Gasteiger partial charge in [-0.25, -0.2) is 15.0 Å². The predicted octanol–water partition coefficient (Wildman–Crippen LogP) is 3.06. The number of nitrogens with zero attached hydrogens (tertiary/aromatic N) is 6. The molecule has 1 amide bonds. The molecule has 0 radical (unpaired) electrons. The van der Waals surface area contributed by atoms with Crippen molar-refractivity contribution >= 4 is 17.1 Å². The largest absolute Gasteiger partial charge is 0.381 e. The van der Waals surface area contributed by atoms with E-state index in [2.05, 4.69) is 24.1 Å². The fraction of sp³-hybridized carbons (Fsp3) is 0.545. The first-order valence-corrected chi connectivity index (χ1v) is 11.0. The average Bonchev–Trinajstić information content (AvgIpc) is 3.47. The van der Waals surface area contributed by atoms with Gasteiger partial charge in [0.2, 0.25) is 0 Å². The maximum atomic E-state index is 13.3. The van der Waals surface area contributed by atoms with E-state index in [9.17, 15) is 4.79 Å². The van der Waals surface area contributed by atoms with E-state index in [0.29, 0.717) is 11.6 Å². The number of ether oxygens (including phenoxy) is 1. The average molecular weight is 409 g/mol. The molecular weight excluding hydrogens is 380 g/mol. The number of imidazole rings is 2. The van der Waals surface area contributed by atoms with E-state index in [1.807, 2.05) is 29.8 Å². The molecule has 1 unspecified atom stereocenters. The molecular formula is C22H28N6O2. The highest BCUT2D eigenvalue weighted by atomic mass is 16.5. The number of hydrogen-bond donors (Lipinski definition) is 0. The van der Waals surface area contributed by atoms with Crippen LogP contribution in [-0.2, 0) is 11.3 Å². The minimum absolute atomic E-state index is 0.0698. The molecule has 3 aromatic rings. The molecule has 0 bridgehead atoms. The smallest absolute Gasteiger partial charge is 0.255 e. The molecule has 0 saturated carbocycles. The number of carbonyl (C=O) groups is 1. The number of carbonyl (C=O) groups excluding carboxylic acids is 1. The summed E-state index contributed by atoms with van der Waals surface area (Å²) in [5.74, 6) is 0.0698. The van der Waals surface area contributed by atoms with Crippen molar-refractivity contribution in [3.8, 4) is 0 Å². The topological polar surface area (TPSA) is 78.1 Å². The summed E-state index contributed by atoms with van der Waals surface area (Å²) in [6, 6.07) is 2.53. The molecule has 2 saturated heterocycles. The summed E-state index contributed by atoms with van der Waals surface area (Å²) in [6.45, 7) is 3.23. The Balaban J connectivity index is 1.33. The molecule has 8 nitrogen and oxygen atoms in total. The van der Waals surface area contributed by atoms with Crippen LogP contribution in [0.3, 0.4) is 0 Å². The number of fused-ring (bicyclic) bond motifs is 1. The summed E-state index contributed by atoms with van der Waals surface area (Å²) in [4.78, 5) is 28.7. The van der Waals surface area contributed by atoms with Gasteiger partial charge >= 0.3 is 0 Å². The highest BCUT2D eigenvalue weighted by Gasteiger charge is 2.28. The molecule has 30 heavy (non-hydrogen) atoms. The Morgan fingerprint density at radius 2 is 2.03 bits per heavy atom. The van der Waals surface area contributed by atoms with Crippen LogP contribution in [0.5, 0.6) is 0 Å². The van der Waals surface area contributed by atoms with Crippen molar-refractivity contribution in [3.05, 3.63) is 42.9 Å². The van der Waals surface area contributed by atoms with Gasteiger partial charge in [-0.05, 0) is 44.6 Å². The number of piperidine rings is 1. The van der Waals surface area contributed by atoms with E-state index in [1.165, 1.54) is 6.42 Å². The fourth-order valence-electron chi connectivity index (χ4n) is 4.72. The monoisotopic (exact) mass is 408 g/mol. The van der Waals surface area contributed by atoms with Crippen LogP contribution in [0.4, 0.5) is 0 Å². The summed E-state index contributed by atoms with van der Waals surface area (Å²) in [5, 5.41) is 0. The maximum absolute atomic E-state index is 13.3. The van der Waals surface area contributed by atoms with Gasteiger partial charge in [-0.15, -0.1) is 0 Å². The summed E-state index contributed by atoms with van der Waals surface area (Å²) in [7, 11) is 0. The van der Waals surface area contributed by atoms with Crippen LogP contribution in [0.2, 0.25) is 0 Å². The van der Waals surface area contributed by atoms with Crippen LogP contribution in [0.15, 0.2) is 37.3 Å². The standard InChI is InChI=1S/C22H28N6O2/c29-22(27-8-2-1-3-18(27)4-9-26-10-7-23-15-26)17-13-20-21(24-14-17)28(16-25-20)19-5-11-30-12-6-19/h7,10,13-16,18-19H,1-6,8-9,11-12H2. The molecule has 0 aromatic carbocycles. The number of hydrogen-bond acceptors (Lipinski definition) is 5. The van der Waals surface area contributed by atoms with Crippen molar-refractivity contribution in [2.75, 3.05) is 19.8 Å². The van der Waals surface area contributed by atoms with E-state index >= 15 is 0 Å². The molecule has 0 aliphatic carbocycles. The number of aryl methyl sites for hydroxylation is 1. The molecule has 1 atom stereocenters. The second-order valence-electron chi connectivity index (χ2n) is 8.30. The lowest BCUT2D eigenvalue weighted by molar-refractivity contribution is 0.0595. The molecule has 5 heterocycles. The number of likely N-dealkylation sites (tertiary alicyclic amines) is 1. The molecule has 8 heteroatoms. The lowest BCUT2D eigenvalue weighted by Gasteiger charge is -2.36. The quantitative estimate of drug-likeness (QED) is 0.648. The molecule has 5 rings (SSSR count). The Bertz CT molecular complexity index is 992. The van der Waals surface area contributed by atoms with Crippen molar-refractivity contribution in [1.82, 2.24) is 29.0 Å². The maximum Gasteiger partial charge on any atom is 0.255 e. The molecule has 0 spiro atoms. The van der Waals surface area contributed by atoms with Crippen molar-refractivity contribution in [2.24, 2.45) is 0 Å². The van der Waals surface area contributed by atoms with Crippen LogP contribution in [0.25, 0.3) is 11.2 Å². The SMILES string of the molecule is O=C(c1cnc2c(c1)ncn2C1CCOCC1)N1CCCCC1CCn1ccnc1. The van der Waals surface area contributed by atoms with E-state index in [0.717, 1.165) is 69.6 Å². The molecule has 3 aromatic heterocycles. The van der Waals surface area contributed by atoms with Crippen molar-refractivity contribution in [1.29, 1.82) is 0 Å². The summed E-state index contributed by atoms with van der Waals surface area (Å²) < 4.78 is 9.69. The minimum Gasteiger partial charge on any atom is -0.381 e. The Morgan fingerprint density at radius 1 is 1.13 bits per heavy atom. The van der Waals surface area contributed by atoms with E-state index in [-0.39, 0.29) is 11.9 Å². The molecule has 2 aliphatic heterocycles. The van der Waals surface area contributed by atoms with Gasteiger partial charge in [-0.2, -0.15) is 0 Å². The van der Waals surface area contributed by atoms with Gasteiger partial charge in [-0.3, -0.25) is 4.79 Å². The van der Waals surface area contributed by atoms with Crippen LogP contribution < -0.4 is 0 Å². The Hall–Kier alpha value is -2.74. The summed E-state index contributed by atoms with van der Waals surface area (Å²) >= 11 is 0. The third kappa shape index (κ3) is 3.84. The second-order valence-corrected chi connectivity index (χ2v) is 8.30. The third-order valence-electron chi connectivity index (χ3n) is 6.41. The molecule has 2 aliphatic rings. The lowest BCUT2D eigenvalue weighted by Crippen LogP contribution is -2.44. The third-order valence-corrected chi connectivity index (χ3v) is 6.41. The van der Waals surface area contributed by atoms with Crippen LogP contribution in [-0.4, -0.2) is 60.7 Å². The number of aromatic nitrogens is 5. The van der Waals surface area contributed by atoms with Gasteiger partial charge < -0.3 is 18.8 Å². The molecule has 158 valence electrons.